The summed E-state index contributed by atoms with van der Waals surface area (Å²) in [7, 11) is -3.18. The monoisotopic (exact) mass is 299 g/mol. The van der Waals surface area contributed by atoms with E-state index in [4.69, 9.17) is 4.74 Å². The molecule has 7 heteroatoms. The third kappa shape index (κ3) is 3.49. The Morgan fingerprint density at radius 3 is 2.50 bits per heavy atom. The zero-order valence-electron chi connectivity index (χ0n) is 11.1. The van der Waals surface area contributed by atoms with Gasteiger partial charge in [0.15, 0.2) is 9.84 Å². The summed E-state index contributed by atoms with van der Waals surface area (Å²) >= 11 is 0. The Hall–Kier alpha value is -1.60. The molecule has 0 aromatic heterocycles. The number of hydrogen-bond acceptors (Lipinski definition) is 6. The van der Waals surface area contributed by atoms with E-state index in [9.17, 15) is 18.3 Å². The summed E-state index contributed by atoms with van der Waals surface area (Å²) in [6.45, 7) is 2.04. The van der Waals surface area contributed by atoms with Crippen LogP contribution in [-0.4, -0.2) is 49.8 Å². The Bertz CT molecular complexity index is 581. The summed E-state index contributed by atoms with van der Waals surface area (Å²) in [5.74, 6) is -0.707. The van der Waals surface area contributed by atoms with Crippen molar-refractivity contribution in [1.29, 1.82) is 0 Å². The molecule has 1 aliphatic heterocycles. The molecule has 1 aromatic rings. The van der Waals surface area contributed by atoms with Gasteiger partial charge in [0, 0.05) is 5.69 Å². The Balaban J connectivity index is 2.03. The average Bonchev–Trinajstić information content (AvgIpc) is 2.63. The van der Waals surface area contributed by atoms with Crippen LogP contribution in [0.15, 0.2) is 24.3 Å². The molecule has 1 saturated heterocycles. The molecule has 0 amide bonds. The SMILES string of the molecule is CCOC(=O)c1ccc(N[C@H]2CS(=O)(=O)C[C@@H]2O)cc1. The number of aliphatic hydroxyl groups is 1. The van der Waals surface area contributed by atoms with Gasteiger partial charge in [0.1, 0.15) is 0 Å². The molecular weight excluding hydrogens is 282 g/mol. The zero-order valence-corrected chi connectivity index (χ0v) is 11.9. The van der Waals surface area contributed by atoms with E-state index in [1.54, 1.807) is 31.2 Å². The van der Waals surface area contributed by atoms with Gasteiger partial charge in [-0.15, -0.1) is 0 Å². The van der Waals surface area contributed by atoms with Crippen molar-refractivity contribution in [3.8, 4) is 0 Å². The number of ether oxygens (including phenoxy) is 1. The zero-order chi connectivity index (χ0) is 14.8. The molecular formula is C13H17NO5S. The highest BCUT2D eigenvalue weighted by atomic mass is 32.2. The molecule has 2 rings (SSSR count). The number of hydrogen-bond donors (Lipinski definition) is 2. The van der Waals surface area contributed by atoms with Crippen molar-refractivity contribution < 1.29 is 23.1 Å². The number of sulfone groups is 1. The van der Waals surface area contributed by atoms with Crippen molar-refractivity contribution in [2.45, 2.75) is 19.1 Å². The van der Waals surface area contributed by atoms with Gasteiger partial charge < -0.3 is 15.2 Å². The number of carbonyl (C=O) groups excluding carboxylic acids is 1. The predicted molar refractivity (Wildman–Crippen MR) is 74.5 cm³/mol. The van der Waals surface area contributed by atoms with E-state index in [0.717, 1.165) is 0 Å². The lowest BCUT2D eigenvalue weighted by molar-refractivity contribution is 0.0526. The summed E-state index contributed by atoms with van der Waals surface area (Å²) < 4.78 is 27.7. The molecule has 1 aromatic carbocycles. The quantitative estimate of drug-likeness (QED) is 0.783. The van der Waals surface area contributed by atoms with Crippen LogP contribution in [0.3, 0.4) is 0 Å². The first-order valence-corrected chi connectivity index (χ1v) is 8.15. The first-order chi connectivity index (χ1) is 9.41. The van der Waals surface area contributed by atoms with Crippen molar-refractivity contribution in [2.75, 3.05) is 23.4 Å². The lowest BCUT2D eigenvalue weighted by Crippen LogP contribution is -2.31. The number of anilines is 1. The third-order valence-corrected chi connectivity index (χ3v) is 4.79. The normalized spacial score (nSPS) is 24.3. The van der Waals surface area contributed by atoms with Gasteiger partial charge in [-0.2, -0.15) is 0 Å². The maximum Gasteiger partial charge on any atom is 0.338 e. The van der Waals surface area contributed by atoms with Gasteiger partial charge in [0.25, 0.3) is 0 Å². The van der Waals surface area contributed by atoms with E-state index in [0.29, 0.717) is 17.9 Å². The Labute approximate surface area is 117 Å². The molecule has 0 spiro atoms. The van der Waals surface area contributed by atoms with Crippen LogP contribution in [0.5, 0.6) is 0 Å². The summed E-state index contributed by atoms with van der Waals surface area (Å²) in [6, 6.07) is 5.98. The topological polar surface area (TPSA) is 92.7 Å². The van der Waals surface area contributed by atoms with Crippen molar-refractivity contribution in [3.63, 3.8) is 0 Å². The molecule has 20 heavy (non-hydrogen) atoms. The molecule has 0 radical (unpaired) electrons. The number of aliphatic hydroxyl groups excluding tert-OH is 1. The lowest BCUT2D eigenvalue weighted by Gasteiger charge is -2.16. The van der Waals surface area contributed by atoms with E-state index in [2.05, 4.69) is 5.32 Å². The molecule has 1 heterocycles. The number of benzene rings is 1. The second-order valence-corrected chi connectivity index (χ2v) is 6.85. The van der Waals surface area contributed by atoms with Gasteiger partial charge in [-0.25, -0.2) is 13.2 Å². The van der Waals surface area contributed by atoms with E-state index < -0.39 is 28.0 Å². The molecule has 6 nitrogen and oxygen atoms in total. The fourth-order valence-corrected chi connectivity index (χ4v) is 3.84. The molecule has 110 valence electrons. The smallest absolute Gasteiger partial charge is 0.338 e. The van der Waals surface area contributed by atoms with Crippen molar-refractivity contribution in [1.82, 2.24) is 0 Å². The molecule has 2 N–H and O–H groups in total. The molecule has 1 fully saturated rings. The minimum Gasteiger partial charge on any atom is -0.462 e. The van der Waals surface area contributed by atoms with Gasteiger partial charge in [0.05, 0.1) is 35.8 Å². The van der Waals surface area contributed by atoms with E-state index in [-0.39, 0.29) is 11.5 Å². The maximum absolute atomic E-state index is 11.5. The van der Waals surface area contributed by atoms with Gasteiger partial charge in [-0.05, 0) is 31.2 Å². The number of carbonyl (C=O) groups is 1. The van der Waals surface area contributed by atoms with E-state index >= 15 is 0 Å². The summed E-state index contributed by atoms with van der Waals surface area (Å²) in [5, 5.41) is 12.6. The number of nitrogens with one attached hydrogen (secondary N) is 1. The first kappa shape index (κ1) is 14.8. The van der Waals surface area contributed by atoms with Crippen molar-refractivity contribution >= 4 is 21.5 Å². The highest BCUT2D eigenvalue weighted by molar-refractivity contribution is 7.91. The standard InChI is InChI=1S/C13H17NO5S/c1-2-19-13(16)9-3-5-10(6-4-9)14-11-7-20(17,18)8-12(11)15/h3-6,11-12,14-15H,2,7-8H2,1H3/t11-,12-/m0/s1. The second-order valence-electron chi connectivity index (χ2n) is 4.69. The van der Waals surface area contributed by atoms with Gasteiger partial charge in [-0.3, -0.25) is 0 Å². The molecule has 0 aliphatic carbocycles. The third-order valence-electron chi connectivity index (χ3n) is 3.07. The summed E-state index contributed by atoms with van der Waals surface area (Å²) in [6.07, 6.45) is -0.912. The molecule has 0 saturated carbocycles. The van der Waals surface area contributed by atoms with Crippen LogP contribution in [0.25, 0.3) is 0 Å². The molecule has 1 aliphatic rings. The first-order valence-electron chi connectivity index (χ1n) is 6.33. The minimum absolute atomic E-state index is 0.0895. The fraction of sp³-hybridized carbons (Fsp3) is 0.462. The fourth-order valence-electron chi connectivity index (χ4n) is 2.10. The number of rotatable bonds is 4. The maximum atomic E-state index is 11.5. The van der Waals surface area contributed by atoms with Crippen molar-refractivity contribution in [3.05, 3.63) is 29.8 Å². The van der Waals surface area contributed by atoms with Gasteiger partial charge >= 0.3 is 5.97 Å². The van der Waals surface area contributed by atoms with Crippen LogP contribution in [0.4, 0.5) is 5.69 Å². The van der Waals surface area contributed by atoms with Crippen LogP contribution in [0.2, 0.25) is 0 Å². The van der Waals surface area contributed by atoms with Crippen LogP contribution in [-0.2, 0) is 14.6 Å². The number of esters is 1. The van der Waals surface area contributed by atoms with Crippen LogP contribution >= 0.6 is 0 Å². The largest absolute Gasteiger partial charge is 0.462 e. The van der Waals surface area contributed by atoms with E-state index in [1.165, 1.54) is 0 Å². The predicted octanol–water partition coefficient (Wildman–Crippen LogP) is 0.433. The highest BCUT2D eigenvalue weighted by Crippen LogP contribution is 2.18. The minimum atomic E-state index is -3.18. The summed E-state index contributed by atoms with van der Waals surface area (Å²) in [5.41, 5.74) is 1.08. The second kappa shape index (κ2) is 5.80. The van der Waals surface area contributed by atoms with Gasteiger partial charge in [0.2, 0.25) is 0 Å². The van der Waals surface area contributed by atoms with Crippen LogP contribution in [0.1, 0.15) is 17.3 Å². The highest BCUT2D eigenvalue weighted by Gasteiger charge is 2.36. The summed E-state index contributed by atoms with van der Waals surface area (Å²) in [4.78, 5) is 11.5. The molecule has 0 unspecified atom stereocenters. The molecule has 2 atom stereocenters. The van der Waals surface area contributed by atoms with E-state index in [1.807, 2.05) is 0 Å². The van der Waals surface area contributed by atoms with Crippen LogP contribution in [0, 0.1) is 0 Å². The average molecular weight is 299 g/mol. The molecule has 0 bridgehead atoms. The van der Waals surface area contributed by atoms with Crippen molar-refractivity contribution in [2.24, 2.45) is 0 Å². The van der Waals surface area contributed by atoms with Crippen LogP contribution < -0.4 is 5.32 Å². The Kier molecular flexibility index (Phi) is 4.29. The Morgan fingerprint density at radius 1 is 1.35 bits per heavy atom. The van der Waals surface area contributed by atoms with Gasteiger partial charge in [-0.1, -0.05) is 0 Å². The Morgan fingerprint density at radius 2 is 2.00 bits per heavy atom. The lowest BCUT2D eigenvalue weighted by atomic mass is 10.1.